The Hall–Kier alpha value is -2.87. The SMILES string of the molecule is Cc1ccc(C2NC(C3(CNC(=O)c4cccc(-c5ccc(C=O)s5)c4)CCN(C)CC3)=CS2)cc1. The summed E-state index contributed by atoms with van der Waals surface area (Å²) in [5.41, 5.74) is 5.24. The Bertz CT molecular complexity index is 1270. The highest BCUT2D eigenvalue weighted by molar-refractivity contribution is 8.02. The molecule has 186 valence electrons. The molecule has 36 heavy (non-hydrogen) atoms. The summed E-state index contributed by atoms with van der Waals surface area (Å²) in [6.07, 6.45) is 2.85. The first-order valence-corrected chi connectivity index (χ1v) is 14.0. The van der Waals surface area contributed by atoms with Gasteiger partial charge in [0, 0.05) is 28.1 Å². The van der Waals surface area contributed by atoms with Crippen molar-refractivity contribution in [1.29, 1.82) is 0 Å². The van der Waals surface area contributed by atoms with E-state index in [2.05, 4.69) is 59.2 Å². The van der Waals surface area contributed by atoms with Crippen LogP contribution in [-0.4, -0.2) is 43.8 Å². The van der Waals surface area contributed by atoms with Gasteiger partial charge in [0.15, 0.2) is 6.29 Å². The second kappa shape index (κ2) is 10.6. The lowest BCUT2D eigenvalue weighted by Gasteiger charge is -2.42. The molecule has 1 atom stereocenters. The normalized spacial score (nSPS) is 19.4. The lowest BCUT2D eigenvalue weighted by Crippen LogP contribution is -2.48. The number of aldehydes is 1. The van der Waals surface area contributed by atoms with Crippen molar-refractivity contribution in [1.82, 2.24) is 15.5 Å². The molecule has 2 aromatic carbocycles. The van der Waals surface area contributed by atoms with Crippen LogP contribution in [0.1, 0.15) is 49.4 Å². The Morgan fingerprint density at radius 1 is 1.14 bits per heavy atom. The van der Waals surface area contributed by atoms with Gasteiger partial charge in [-0.25, -0.2) is 0 Å². The molecule has 2 N–H and O–H groups in total. The number of nitrogens with zero attached hydrogens (tertiary/aromatic N) is 1. The quantitative estimate of drug-likeness (QED) is 0.385. The molecule has 5 rings (SSSR count). The maximum atomic E-state index is 13.3. The third-order valence-corrected chi connectivity index (χ3v) is 9.34. The van der Waals surface area contributed by atoms with Gasteiger partial charge in [-0.3, -0.25) is 9.59 Å². The smallest absolute Gasteiger partial charge is 0.251 e. The molecule has 3 aromatic rings. The van der Waals surface area contributed by atoms with Gasteiger partial charge in [-0.1, -0.05) is 42.0 Å². The Kier molecular flexibility index (Phi) is 7.32. The largest absolute Gasteiger partial charge is 0.372 e. The van der Waals surface area contributed by atoms with Crippen molar-refractivity contribution >= 4 is 35.3 Å². The molecule has 1 aromatic heterocycles. The predicted molar refractivity (Wildman–Crippen MR) is 149 cm³/mol. The Morgan fingerprint density at radius 3 is 2.64 bits per heavy atom. The number of rotatable bonds is 7. The molecular weight excluding hydrogens is 486 g/mol. The third kappa shape index (κ3) is 5.28. The summed E-state index contributed by atoms with van der Waals surface area (Å²) < 4.78 is 0. The first-order valence-electron chi connectivity index (χ1n) is 12.3. The number of thiophene rings is 1. The lowest BCUT2D eigenvalue weighted by molar-refractivity contribution is 0.0902. The minimum atomic E-state index is -0.112. The number of thioether (sulfide) groups is 1. The maximum absolute atomic E-state index is 13.3. The van der Waals surface area contributed by atoms with E-state index in [9.17, 15) is 9.59 Å². The van der Waals surface area contributed by atoms with Gasteiger partial charge in [0.05, 0.1) is 4.88 Å². The molecule has 3 heterocycles. The van der Waals surface area contributed by atoms with Crippen molar-refractivity contribution in [3.63, 3.8) is 0 Å². The van der Waals surface area contributed by atoms with E-state index in [4.69, 9.17) is 0 Å². The highest BCUT2D eigenvalue weighted by atomic mass is 32.2. The average molecular weight is 518 g/mol. The monoisotopic (exact) mass is 517 g/mol. The molecule has 1 unspecified atom stereocenters. The van der Waals surface area contributed by atoms with Gasteiger partial charge in [-0.05, 0) is 80.7 Å². The predicted octanol–water partition coefficient (Wildman–Crippen LogP) is 5.85. The highest BCUT2D eigenvalue weighted by Crippen LogP contribution is 2.45. The first-order chi connectivity index (χ1) is 17.5. The second-order valence-corrected chi connectivity index (χ2v) is 11.9. The topological polar surface area (TPSA) is 61.4 Å². The molecule has 5 nitrogen and oxygen atoms in total. The van der Waals surface area contributed by atoms with Gasteiger partial charge < -0.3 is 15.5 Å². The number of likely N-dealkylation sites (tertiary alicyclic amines) is 1. The Labute approximate surface area is 221 Å². The van der Waals surface area contributed by atoms with Crippen LogP contribution in [0.5, 0.6) is 0 Å². The number of carbonyl (C=O) groups is 2. The zero-order valence-corrected chi connectivity index (χ0v) is 22.3. The summed E-state index contributed by atoms with van der Waals surface area (Å²) in [5.74, 6) is -0.0661. The van der Waals surface area contributed by atoms with Gasteiger partial charge in [-0.15, -0.1) is 23.1 Å². The Morgan fingerprint density at radius 2 is 1.92 bits per heavy atom. The standard InChI is InChI=1S/C29H31N3O2S2/c1-20-6-8-21(9-7-20)28-31-26(18-35-28)29(12-14-32(2)15-13-29)19-30-27(34)23-5-3-4-22(16-23)25-11-10-24(17-33)36-25/h3-11,16-18,28,31H,12-15,19H2,1-2H3,(H,30,34). The van der Waals surface area contributed by atoms with Gasteiger partial charge in [0.1, 0.15) is 5.37 Å². The second-order valence-electron chi connectivity index (χ2n) is 9.77. The number of nitrogens with one attached hydrogen (secondary N) is 2. The zero-order chi connectivity index (χ0) is 25.1. The van der Waals surface area contributed by atoms with Crippen molar-refractivity contribution in [2.75, 3.05) is 26.7 Å². The van der Waals surface area contributed by atoms with Crippen LogP contribution in [0.4, 0.5) is 0 Å². The van der Waals surface area contributed by atoms with E-state index in [0.717, 1.165) is 42.7 Å². The van der Waals surface area contributed by atoms with E-state index >= 15 is 0 Å². The van der Waals surface area contributed by atoms with Crippen LogP contribution in [0, 0.1) is 12.3 Å². The molecule has 1 amide bonds. The number of benzene rings is 2. The van der Waals surface area contributed by atoms with E-state index in [1.54, 1.807) is 0 Å². The number of hydrogen-bond donors (Lipinski definition) is 2. The number of amides is 1. The zero-order valence-electron chi connectivity index (χ0n) is 20.6. The van der Waals surface area contributed by atoms with Gasteiger partial charge in [0.2, 0.25) is 0 Å². The summed E-state index contributed by atoms with van der Waals surface area (Å²) in [6, 6.07) is 20.1. The fraction of sp³-hybridized carbons (Fsp3) is 0.310. The van der Waals surface area contributed by atoms with Crippen LogP contribution in [0.15, 0.2) is 71.8 Å². The van der Waals surface area contributed by atoms with E-state index in [1.807, 2.05) is 48.2 Å². The van der Waals surface area contributed by atoms with Crippen LogP contribution >= 0.6 is 23.1 Å². The maximum Gasteiger partial charge on any atom is 0.251 e. The van der Waals surface area contributed by atoms with E-state index < -0.39 is 0 Å². The van der Waals surface area contributed by atoms with Crippen LogP contribution in [0.25, 0.3) is 10.4 Å². The van der Waals surface area contributed by atoms with E-state index in [1.165, 1.54) is 28.2 Å². The van der Waals surface area contributed by atoms with E-state index in [0.29, 0.717) is 17.0 Å². The fourth-order valence-electron chi connectivity index (χ4n) is 4.85. The van der Waals surface area contributed by atoms with Gasteiger partial charge >= 0.3 is 0 Å². The molecule has 0 aliphatic carbocycles. The summed E-state index contributed by atoms with van der Waals surface area (Å²) in [5, 5.41) is 9.51. The summed E-state index contributed by atoms with van der Waals surface area (Å²) in [7, 11) is 2.16. The summed E-state index contributed by atoms with van der Waals surface area (Å²) in [4.78, 5) is 28.3. The van der Waals surface area contributed by atoms with Gasteiger partial charge in [0.25, 0.3) is 5.91 Å². The highest BCUT2D eigenvalue weighted by Gasteiger charge is 2.40. The lowest BCUT2D eigenvalue weighted by atomic mass is 9.75. The van der Waals surface area contributed by atoms with Crippen molar-refractivity contribution in [3.8, 4) is 10.4 Å². The van der Waals surface area contributed by atoms with Crippen LogP contribution < -0.4 is 10.6 Å². The number of carbonyl (C=O) groups excluding carboxylic acids is 2. The Balaban J connectivity index is 1.30. The van der Waals surface area contributed by atoms with Crippen LogP contribution in [-0.2, 0) is 0 Å². The molecule has 7 heteroatoms. The summed E-state index contributed by atoms with van der Waals surface area (Å²) >= 11 is 3.25. The van der Waals surface area contributed by atoms with Crippen molar-refractivity contribution in [3.05, 3.63) is 93.3 Å². The van der Waals surface area contributed by atoms with Crippen LogP contribution in [0.3, 0.4) is 0 Å². The molecule has 0 saturated carbocycles. The number of aryl methyl sites for hydroxylation is 1. The molecule has 0 bridgehead atoms. The fourth-order valence-corrected chi connectivity index (χ4v) is 6.77. The third-order valence-electron chi connectivity index (χ3n) is 7.24. The summed E-state index contributed by atoms with van der Waals surface area (Å²) in [6.45, 7) is 4.71. The molecule has 2 aliphatic heterocycles. The van der Waals surface area contributed by atoms with E-state index in [-0.39, 0.29) is 16.7 Å². The van der Waals surface area contributed by atoms with Crippen LogP contribution in [0.2, 0.25) is 0 Å². The molecule has 0 radical (unpaired) electrons. The molecule has 1 saturated heterocycles. The number of piperidine rings is 1. The minimum Gasteiger partial charge on any atom is -0.372 e. The minimum absolute atomic E-state index is 0.0661. The first kappa shape index (κ1) is 24.8. The van der Waals surface area contributed by atoms with Crippen molar-refractivity contribution < 1.29 is 9.59 Å². The number of hydrogen-bond acceptors (Lipinski definition) is 6. The van der Waals surface area contributed by atoms with Crippen molar-refractivity contribution in [2.45, 2.75) is 25.1 Å². The molecule has 2 aliphatic rings. The molecule has 1 fully saturated rings. The molecular formula is C29H31N3O2S2. The van der Waals surface area contributed by atoms with Gasteiger partial charge in [-0.2, -0.15) is 0 Å². The van der Waals surface area contributed by atoms with Crippen molar-refractivity contribution in [2.24, 2.45) is 5.41 Å². The average Bonchev–Trinajstić information content (AvgIpc) is 3.60. The molecule has 0 spiro atoms.